The summed E-state index contributed by atoms with van der Waals surface area (Å²) in [4.78, 5) is 16.7. The van der Waals surface area contributed by atoms with E-state index in [0.717, 1.165) is 0 Å². The summed E-state index contributed by atoms with van der Waals surface area (Å²) in [6.07, 6.45) is -1.50. The molecule has 3 aromatic rings. The monoisotopic (exact) mass is 449 g/mol. The van der Waals surface area contributed by atoms with Crippen LogP contribution in [0.15, 0.2) is 36.7 Å². The van der Waals surface area contributed by atoms with Crippen molar-refractivity contribution in [2.45, 2.75) is 57.2 Å². The summed E-state index contributed by atoms with van der Waals surface area (Å²) in [5.41, 5.74) is -0.916. The van der Waals surface area contributed by atoms with Crippen LogP contribution in [-0.2, 0) is 11.8 Å². The second-order valence-electron chi connectivity index (χ2n) is 9.33. The molecule has 2 N–H and O–H groups in total. The van der Waals surface area contributed by atoms with Gasteiger partial charge < -0.3 is 14.8 Å². The van der Waals surface area contributed by atoms with E-state index in [1.165, 1.54) is 30.5 Å². The van der Waals surface area contributed by atoms with Gasteiger partial charge in [-0.1, -0.05) is 20.8 Å². The minimum atomic E-state index is -4.49. The molecule has 170 valence electrons. The van der Waals surface area contributed by atoms with E-state index in [9.17, 15) is 27.5 Å². The summed E-state index contributed by atoms with van der Waals surface area (Å²) >= 11 is 0. The molecule has 0 unspecified atom stereocenters. The Balaban J connectivity index is 1.56. The lowest BCUT2D eigenvalue weighted by Gasteiger charge is -2.21. The molecule has 2 heterocycles. The molecule has 0 atom stereocenters. The number of phenolic OH excluding ortho intramolecular Hbond substituents is 1. The molecule has 0 saturated heterocycles. The van der Waals surface area contributed by atoms with Crippen LogP contribution in [0.3, 0.4) is 0 Å². The Bertz CT molecular complexity index is 1200. The number of halogens is 4. The standard InChI is InChI=1S/C23H23F4N3O2/c1-21(2,3)16-11-17(24)14(9-18(16)31)8-15-12-30-7-4-13(10-19(30)28-15)20(32)29-22(5-6-22)23(25,26)27/h4,7,9-12,31H,5-6,8H2,1-3H3,(H,29,32). The van der Waals surface area contributed by atoms with E-state index in [0.29, 0.717) is 16.9 Å². The smallest absolute Gasteiger partial charge is 0.411 e. The van der Waals surface area contributed by atoms with Gasteiger partial charge in [-0.15, -0.1) is 0 Å². The van der Waals surface area contributed by atoms with Gasteiger partial charge in [-0.05, 0) is 48.1 Å². The maximum absolute atomic E-state index is 14.6. The maximum Gasteiger partial charge on any atom is 0.411 e. The zero-order valence-corrected chi connectivity index (χ0v) is 17.8. The lowest BCUT2D eigenvalue weighted by atomic mass is 9.85. The molecule has 1 aliphatic rings. The normalized spacial score (nSPS) is 15.7. The van der Waals surface area contributed by atoms with Crippen LogP contribution in [0.2, 0.25) is 0 Å². The lowest BCUT2D eigenvalue weighted by Crippen LogP contribution is -2.47. The van der Waals surface area contributed by atoms with Gasteiger partial charge in [0.25, 0.3) is 5.91 Å². The number of nitrogens with one attached hydrogen (secondary N) is 1. The van der Waals surface area contributed by atoms with Crippen LogP contribution in [0.5, 0.6) is 5.75 Å². The minimum Gasteiger partial charge on any atom is -0.508 e. The highest BCUT2D eigenvalue weighted by Crippen LogP contribution is 2.49. The molecule has 9 heteroatoms. The number of hydrogen-bond donors (Lipinski definition) is 2. The van der Waals surface area contributed by atoms with Crippen molar-refractivity contribution in [2.24, 2.45) is 0 Å². The molecule has 1 aliphatic carbocycles. The van der Waals surface area contributed by atoms with Crippen LogP contribution in [0.1, 0.15) is 60.8 Å². The maximum atomic E-state index is 14.6. The number of alkyl halides is 3. The molecular formula is C23H23F4N3O2. The second kappa shape index (κ2) is 7.21. The van der Waals surface area contributed by atoms with Gasteiger partial charge >= 0.3 is 6.18 Å². The van der Waals surface area contributed by atoms with E-state index in [4.69, 9.17) is 0 Å². The lowest BCUT2D eigenvalue weighted by molar-refractivity contribution is -0.163. The first-order valence-electron chi connectivity index (χ1n) is 10.2. The molecule has 1 amide bonds. The van der Waals surface area contributed by atoms with Gasteiger partial charge in [0.2, 0.25) is 0 Å². The number of amides is 1. The highest BCUT2D eigenvalue weighted by molar-refractivity contribution is 5.95. The minimum absolute atomic E-state index is 0.00436. The topological polar surface area (TPSA) is 66.6 Å². The van der Waals surface area contributed by atoms with Gasteiger partial charge in [0.05, 0.1) is 5.69 Å². The van der Waals surface area contributed by atoms with Crippen LogP contribution in [0, 0.1) is 5.82 Å². The first kappa shape index (κ1) is 22.1. The molecule has 1 aromatic carbocycles. The van der Waals surface area contributed by atoms with E-state index < -0.39 is 28.9 Å². The van der Waals surface area contributed by atoms with Crippen molar-refractivity contribution in [3.8, 4) is 5.75 Å². The third kappa shape index (κ3) is 4.03. The molecule has 1 saturated carbocycles. The van der Waals surface area contributed by atoms with Crippen molar-refractivity contribution in [2.75, 3.05) is 0 Å². The Labute approximate surface area is 182 Å². The number of pyridine rings is 1. The summed E-state index contributed by atoms with van der Waals surface area (Å²) in [7, 11) is 0. The average molecular weight is 449 g/mol. The number of nitrogens with zero attached hydrogens (tertiary/aromatic N) is 2. The highest BCUT2D eigenvalue weighted by Gasteiger charge is 2.64. The number of phenols is 1. The van der Waals surface area contributed by atoms with Crippen molar-refractivity contribution in [3.05, 3.63) is 64.9 Å². The fraction of sp³-hybridized carbons (Fsp3) is 0.391. The van der Waals surface area contributed by atoms with Crippen LogP contribution < -0.4 is 5.32 Å². The quantitative estimate of drug-likeness (QED) is 0.558. The third-order valence-corrected chi connectivity index (χ3v) is 5.76. The number of carbonyl (C=O) groups is 1. The number of aromatic nitrogens is 2. The van der Waals surface area contributed by atoms with E-state index >= 15 is 0 Å². The molecular weight excluding hydrogens is 426 g/mol. The van der Waals surface area contributed by atoms with Crippen molar-refractivity contribution < 1.29 is 27.5 Å². The zero-order chi connectivity index (χ0) is 23.5. The Morgan fingerprint density at radius 3 is 2.50 bits per heavy atom. The summed E-state index contributed by atoms with van der Waals surface area (Å²) in [5.74, 6) is -1.29. The van der Waals surface area contributed by atoms with Gasteiger partial charge in [0, 0.05) is 29.9 Å². The molecule has 2 aromatic heterocycles. The Morgan fingerprint density at radius 2 is 1.91 bits per heavy atom. The van der Waals surface area contributed by atoms with E-state index in [-0.39, 0.29) is 36.1 Å². The van der Waals surface area contributed by atoms with Crippen molar-refractivity contribution in [1.82, 2.24) is 14.7 Å². The average Bonchev–Trinajstić information content (AvgIpc) is 3.35. The van der Waals surface area contributed by atoms with Crippen LogP contribution in [-0.4, -0.2) is 32.1 Å². The van der Waals surface area contributed by atoms with Crippen molar-refractivity contribution in [1.29, 1.82) is 0 Å². The second-order valence-corrected chi connectivity index (χ2v) is 9.33. The largest absolute Gasteiger partial charge is 0.508 e. The van der Waals surface area contributed by atoms with E-state index in [1.807, 2.05) is 20.8 Å². The fourth-order valence-corrected chi connectivity index (χ4v) is 3.69. The molecule has 0 spiro atoms. The van der Waals surface area contributed by atoms with Gasteiger partial charge in [0.15, 0.2) is 0 Å². The fourth-order valence-electron chi connectivity index (χ4n) is 3.69. The number of fused-ring (bicyclic) bond motifs is 1. The van der Waals surface area contributed by atoms with E-state index in [2.05, 4.69) is 10.3 Å². The molecule has 32 heavy (non-hydrogen) atoms. The summed E-state index contributed by atoms with van der Waals surface area (Å²) in [6.45, 7) is 5.62. The highest BCUT2D eigenvalue weighted by atomic mass is 19.4. The summed E-state index contributed by atoms with van der Waals surface area (Å²) < 4.78 is 55.6. The number of benzene rings is 1. The summed E-state index contributed by atoms with van der Waals surface area (Å²) in [5, 5.41) is 12.4. The first-order valence-corrected chi connectivity index (χ1v) is 10.2. The molecule has 0 bridgehead atoms. The molecule has 0 aliphatic heterocycles. The molecule has 0 radical (unpaired) electrons. The number of hydrogen-bond acceptors (Lipinski definition) is 3. The first-order chi connectivity index (χ1) is 14.8. The van der Waals surface area contributed by atoms with Gasteiger partial charge in [0.1, 0.15) is 22.8 Å². The third-order valence-electron chi connectivity index (χ3n) is 5.76. The molecule has 1 fully saturated rings. The number of carbonyl (C=O) groups excluding carboxylic acids is 1. The summed E-state index contributed by atoms with van der Waals surface area (Å²) in [6, 6.07) is 5.49. The van der Waals surface area contributed by atoms with Crippen LogP contribution in [0.4, 0.5) is 17.6 Å². The van der Waals surface area contributed by atoms with Gasteiger partial charge in [-0.2, -0.15) is 13.2 Å². The molecule has 5 nitrogen and oxygen atoms in total. The zero-order valence-electron chi connectivity index (χ0n) is 17.8. The Kier molecular flexibility index (Phi) is 4.98. The Morgan fingerprint density at radius 1 is 1.22 bits per heavy atom. The van der Waals surface area contributed by atoms with Gasteiger partial charge in [-0.25, -0.2) is 9.37 Å². The SMILES string of the molecule is CC(C)(C)c1cc(F)c(Cc2cn3ccc(C(=O)NC4(C(F)(F)F)CC4)cc3n2)cc1O. The predicted molar refractivity (Wildman–Crippen MR) is 110 cm³/mol. The number of imidazole rings is 1. The Hall–Kier alpha value is -3.10. The number of rotatable bonds is 4. The van der Waals surface area contributed by atoms with Gasteiger partial charge in [-0.3, -0.25) is 4.79 Å². The van der Waals surface area contributed by atoms with Crippen molar-refractivity contribution >= 4 is 11.6 Å². The van der Waals surface area contributed by atoms with Crippen LogP contribution >= 0.6 is 0 Å². The van der Waals surface area contributed by atoms with Crippen molar-refractivity contribution in [3.63, 3.8) is 0 Å². The van der Waals surface area contributed by atoms with E-state index in [1.54, 1.807) is 10.6 Å². The van der Waals surface area contributed by atoms with Crippen LogP contribution in [0.25, 0.3) is 5.65 Å². The molecule has 4 rings (SSSR count). The number of aromatic hydroxyl groups is 1. The predicted octanol–water partition coefficient (Wildman–Crippen LogP) is 4.89.